The summed E-state index contributed by atoms with van der Waals surface area (Å²) in [5.41, 5.74) is 1.33. The lowest BCUT2D eigenvalue weighted by Crippen LogP contribution is -1.97. The predicted molar refractivity (Wildman–Crippen MR) is 52.1 cm³/mol. The second-order valence-corrected chi connectivity index (χ2v) is 3.06. The smallest absolute Gasteiger partial charge is 0.258 e. The van der Waals surface area contributed by atoms with Crippen LogP contribution in [0.4, 0.5) is 5.69 Å². The van der Waals surface area contributed by atoms with Gasteiger partial charge in [-0.3, -0.25) is 10.1 Å². The summed E-state index contributed by atoms with van der Waals surface area (Å²) in [7, 11) is 0. The molecule has 0 unspecified atom stereocenters. The molecule has 0 radical (unpaired) electrons. The van der Waals surface area contributed by atoms with Gasteiger partial charge in [-0.1, -0.05) is 0 Å². The first-order chi connectivity index (χ1) is 6.60. The summed E-state index contributed by atoms with van der Waals surface area (Å²) < 4.78 is 0. The zero-order valence-corrected chi connectivity index (χ0v) is 8.21. The van der Waals surface area contributed by atoms with Gasteiger partial charge in [0.2, 0.25) is 0 Å². The number of rotatable bonds is 2. The van der Waals surface area contributed by atoms with Crippen molar-refractivity contribution >= 4 is 17.3 Å². The van der Waals surface area contributed by atoms with Gasteiger partial charge >= 0.3 is 0 Å². The van der Waals surface area contributed by atoms with Gasteiger partial charge in [0.15, 0.2) is 0 Å². The summed E-state index contributed by atoms with van der Waals surface area (Å²) in [6.07, 6.45) is 0. The lowest BCUT2D eigenvalue weighted by atomic mass is 10.0. The Bertz CT molecular complexity index is 424. The molecule has 0 amide bonds. The average molecular weight is 211 g/mol. The topological polar surface area (TPSA) is 66.9 Å². The number of hydrogen-bond donors (Lipinski definition) is 0. The molecule has 1 aromatic rings. The highest BCUT2D eigenvalue weighted by Gasteiger charge is 2.16. The summed E-state index contributed by atoms with van der Waals surface area (Å²) in [6, 6.07) is 4.70. The molecular weight excluding hydrogens is 204 g/mol. The van der Waals surface area contributed by atoms with Gasteiger partial charge in [0.25, 0.3) is 5.69 Å². The molecule has 14 heavy (non-hydrogen) atoms. The zero-order chi connectivity index (χ0) is 10.7. The number of nitriles is 1. The van der Waals surface area contributed by atoms with E-state index in [9.17, 15) is 10.1 Å². The molecule has 0 aliphatic carbocycles. The van der Waals surface area contributed by atoms with Crippen LogP contribution in [0.5, 0.6) is 0 Å². The standard InChI is InChI=1S/C9H7ClN2O2/c1-6-2-7(5-11)3-9(12(13)14)8(6)4-10/h2-3H,4H2,1H3. The van der Waals surface area contributed by atoms with E-state index in [4.69, 9.17) is 16.9 Å². The van der Waals surface area contributed by atoms with Crippen molar-refractivity contribution in [3.63, 3.8) is 0 Å². The van der Waals surface area contributed by atoms with Crippen LogP contribution in [0.3, 0.4) is 0 Å². The van der Waals surface area contributed by atoms with E-state index in [2.05, 4.69) is 0 Å². The molecule has 4 nitrogen and oxygen atoms in total. The lowest BCUT2D eigenvalue weighted by molar-refractivity contribution is -0.385. The minimum absolute atomic E-state index is 0.0772. The molecular formula is C9H7ClN2O2. The molecule has 0 aromatic heterocycles. The van der Waals surface area contributed by atoms with Crippen LogP contribution in [-0.2, 0) is 5.88 Å². The Kier molecular flexibility index (Phi) is 3.05. The Hall–Kier alpha value is -1.60. The van der Waals surface area contributed by atoms with Gasteiger partial charge in [-0.2, -0.15) is 5.26 Å². The number of alkyl halides is 1. The van der Waals surface area contributed by atoms with E-state index < -0.39 is 4.92 Å². The Morgan fingerprint density at radius 2 is 2.29 bits per heavy atom. The van der Waals surface area contributed by atoms with Gasteiger partial charge in [-0.15, -0.1) is 11.6 Å². The summed E-state index contributed by atoms with van der Waals surface area (Å²) in [5.74, 6) is 0.0772. The monoisotopic (exact) mass is 210 g/mol. The molecule has 0 N–H and O–H groups in total. The van der Waals surface area contributed by atoms with Crippen LogP contribution >= 0.6 is 11.6 Å². The van der Waals surface area contributed by atoms with Crippen LogP contribution in [0, 0.1) is 28.4 Å². The van der Waals surface area contributed by atoms with Crippen molar-refractivity contribution in [2.24, 2.45) is 0 Å². The van der Waals surface area contributed by atoms with E-state index in [0.29, 0.717) is 11.1 Å². The molecule has 0 fully saturated rings. The van der Waals surface area contributed by atoms with Crippen molar-refractivity contribution in [2.45, 2.75) is 12.8 Å². The van der Waals surface area contributed by atoms with Gasteiger partial charge in [0.05, 0.1) is 22.4 Å². The Morgan fingerprint density at radius 3 is 2.71 bits per heavy atom. The molecule has 0 bridgehead atoms. The maximum absolute atomic E-state index is 10.6. The molecule has 72 valence electrons. The normalized spacial score (nSPS) is 9.50. The highest BCUT2D eigenvalue weighted by atomic mass is 35.5. The second kappa shape index (κ2) is 4.07. The molecule has 0 saturated carbocycles. The molecule has 0 aliphatic heterocycles. The SMILES string of the molecule is Cc1cc(C#N)cc([N+](=O)[O-])c1CCl. The van der Waals surface area contributed by atoms with Gasteiger partial charge in [-0.25, -0.2) is 0 Å². The van der Waals surface area contributed by atoms with E-state index in [1.807, 2.05) is 6.07 Å². The largest absolute Gasteiger partial charge is 0.275 e. The summed E-state index contributed by atoms with van der Waals surface area (Å²) in [6.45, 7) is 1.70. The molecule has 0 atom stereocenters. The fourth-order valence-electron chi connectivity index (χ4n) is 1.20. The maximum atomic E-state index is 10.6. The highest BCUT2D eigenvalue weighted by molar-refractivity contribution is 6.17. The van der Waals surface area contributed by atoms with E-state index in [1.165, 1.54) is 6.07 Å². The number of nitro groups is 1. The van der Waals surface area contributed by atoms with Crippen molar-refractivity contribution in [2.75, 3.05) is 0 Å². The van der Waals surface area contributed by atoms with Gasteiger partial charge in [0.1, 0.15) is 0 Å². The van der Waals surface area contributed by atoms with Crippen molar-refractivity contribution in [3.05, 3.63) is 38.9 Å². The van der Waals surface area contributed by atoms with Crippen LogP contribution in [0.15, 0.2) is 12.1 Å². The van der Waals surface area contributed by atoms with Gasteiger partial charge in [0, 0.05) is 11.6 Å². The minimum Gasteiger partial charge on any atom is -0.258 e. The third kappa shape index (κ3) is 1.83. The Morgan fingerprint density at radius 1 is 1.64 bits per heavy atom. The lowest BCUT2D eigenvalue weighted by Gasteiger charge is -2.03. The summed E-state index contributed by atoms with van der Waals surface area (Å²) >= 11 is 5.59. The summed E-state index contributed by atoms with van der Waals surface area (Å²) in [4.78, 5) is 10.1. The van der Waals surface area contributed by atoms with E-state index >= 15 is 0 Å². The van der Waals surface area contributed by atoms with E-state index in [1.54, 1.807) is 13.0 Å². The van der Waals surface area contributed by atoms with E-state index in [-0.39, 0.29) is 17.1 Å². The first kappa shape index (κ1) is 10.5. The molecule has 0 heterocycles. The molecule has 5 heteroatoms. The van der Waals surface area contributed by atoms with Gasteiger partial charge in [-0.05, 0) is 18.6 Å². The Labute approximate surface area is 85.9 Å². The molecule has 1 rings (SSSR count). The van der Waals surface area contributed by atoms with Crippen LogP contribution in [-0.4, -0.2) is 4.92 Å². The van der Waals surface area contributed by atoms with Crippen molar-refractivity contribution in [1.82, 2.24) is 0 Å². The van der Waals surface area contributed by atoms with Crippen molar-refractivity contribution < 1.29 is 4.92 Å². The number of halogens is 1. The number of benzene rings is 1. The third-order valence-corrected chi connectivity index (χ3v) is 2.18. The molecule has 0 aliphatic rings. The quantitative estimate of drug-likeness (QED) is 0.428. The zero-order valence-electron chi connectivity index (χ0n) is 7.45. The fourth-order valence-corrected chi connectivity index (χ4v) is 1.55. The Balaban J connectivity index is 3.45. The predicted octanol–water partition coefficient (Wildman–Crippen LogP) is 2.51. The third-order valence-electron chi connectivity index (χ3n) is 1.91. The molecule has 0 spiro atoms. The maximum Gasteiger partial charge on any atom is 0.275 e. The van der Waals surface area contributed by atoms with Crippen molar-refractivity contribution in [3.8, 4) is 6.07 Å². The van der Waals surface area contributed by atoms with Crippen molar-refractivity contribution in [1.29, 1.82) is 5.26 Å². The fraction of sp³-hybridized carbons (Fsp3) is 0.222. The minimum atomic E-state index is -0.522. The van der Waals surface area contributed by atoms with Gasteiger partial charge < -0.3 is 0 Å². The molecule has 1 aromatic carbocycles. The van der Waals surface area contributed by atoms with Crippen LogP contribution in [0.25, 0.3) is 0 Å². The first-order valence-corrected chi connectivity index (χ1v) is 4.37. The van der Waals surface area contributed by atoms with Crippen LogP contribution in [0.2, 0.25) is 0 Å². The molecule has 0 saturated heterocycles. The number of hydrogen-bond acceptors (Lipinski definition) is 3. The van der Waals surface area contributed by atoms with Crippen LogP contribution < -0.4 is 0 Å². The second-order valence-electron chi connectivity index (χ2n) is 2.79. The van der Waals surface area contributed by atoms with Crippen LogP contribution in [0.1, 0.15) is 16.7 Å². The average Bonchev–Trinajstić information content (AvgIpc) is 2.16. The number of nitrogens with zero attached hydrogens (tertiary/aromatic N) is 2. The number of aryl methyl sites for hydroxylation is 1. The van der Waals surface area contributed by atoms with E-state index in [0.717, 1.165) is 0 Å². The first-order valence-electron chi connectivity index (χ1n) is 3.84. The highest BCUT2D eigenvalue weighted by Crippen LogP contribution is 2.25. The number of nitro benzene ring substituents is 1. The summed E-state index contributed by atoms with van der Waals surface area (Å²) in [5, 5.41) is 19.3.